The molecule has 6 aromatic carbocycles. The SMILES string of the molecule is Cc1nc(-c2ccccc2)c2c(n1)-c1cc(-c3ccccc3)c(-c3ccc4c(c3)c3ccccc3n4-c3ccccc3)cc1C2(C)C. The zero-order chi connectivity index (χ0) is 31.7. The fraction of sp³-hybridized carbons (Fsp3) is 0.0909. The van der Waals surface area contributed by atoms with Crippen LogP contribution >= 0.6 is 0 Å². The van der Waals surface area contributed by atoms with Crippen molar-refractivity contribution < 1.29 is 0 Å². The molecule has 0 bridgehead atoms. The van der Waals surface area contributed by atoms with Gasteiger partial charge in [0, 0.05) is 38.6 Å². The molecular weight excluding hydrogens is 571 g/mol. The molecule has 1 aliphatic carbocycles. The van der Waals surface area contributed by atoms with Gasteiger partial charge in [0.15, 0.2) is 0 Å². The second kappa shape index (κ2) is 10.4. The molecule has 0 saturated heterocycles. The minimum Gasteiger partial charge on any atom is -0.309 e. The third kappa shape index (κ3) is 4.20. The van der Waals surface area contributed by atoms with Gasteiger partial charge in [-0.2, -0.15) is 0 Å². The van der Waals surface area contributed by atoms with Gasteiger partial charge in [0.05, 0.1) is 22.4 Å². The summed E-state index contributed by atoms with van der Waals surface area (Å²) in [5.41, 5.74) is 15.0. The molecule has 0 N–H and O–H groups in total. The van der Waals surface area contributed by atoms with Crippen LogP contribution in [0.5, 0.6) is 0 Å². The highest BCUT2D eigenvalue weighted by molar-refractivity contribution is 6.11. The van der Waals surface area contributed by atoms with Crippen molar-refractivity contribution >= 4 is 21.8 Å². The van der Waals surface area contributed by atoms with Gasteiger partial charge in [-0.15, -0.1) is 0 Å². The van der Waals surface area contributed by atoms with Crippen LogP contribution in [0.2, 0.25) is 0 Å². The summed E-state index contributed by atoms with van der Waals surface area (Å²) in [5.74, 6) is 0.789. The van der Waals surface area contributed by atoms with Crippen molar-refractivity contribution in [2.24, 2.45) is 0 Å². The van der Waals surface area contributed by atoms with Crippen molar-refractivity contribution in [3.8, 4) is 50.5 Å². The Balaban J connectivity index is 1.32. The minimum absolute atomic E-state index is 0.291. The average molecular weight is 604 g/mol. The fourth-order valence-electron chi connectivity index (χ4n) is 7.70. The van der Waals surface area contributed by atoms with Crippen molar-refractivity contribution in [2.75, 3.05) is 0 Å². The summed E-state index contributed by atoms with van der Waals surface area (Å²) in [7, 11) is 0. The Bertz CT molecular complexity index is 2470. The zero-order valence-corrected chi connectivity index (χ0v) is 26.7. The molecule has 3 heteroatoms. The van der Waals surface area contributed by atoms with E-state index >= 15 is 0 Å². The van der Waals surface area contributed by atoms with Crippen molar-refractivity contribution in [3.05, 3.63) is 163 Å². The number of hydrogen-bond acceptors (Lipinski definition) is 2. The van der Waals surface area contributed by atoms with Crippen molar-refractivity contribution in [2.45, 2.75) is 26.2 Å². The smallest absolute Gasteiger partial charge is 0.126 e. The standard InChI is InChI=1S/C44H33N3/c1-28-45-42(30-17-9-5-10-18-30)41-43(46-28)37-26-34(29-15-7-4-8-16-29)35(27-38(37)44(41,2)3)31-23-24-40-36(25-31)33-21-13-14-22-39(33)47(40)32-19-11-6-12-20-32/h4-27H,1-3H3. The molecule has 0 amide bonds. The Morgan fingerprint density at radius 3 is 1.83 bits per heavy atom. The molecule has 0 aliphatic heterocycles. The summed E-state index contributed by atoms with van der Waals surface area (Å²) in [5, 5.41) is 2.50. The van der Waals surface area contributed by atoms with E-state index in [9.17, 15) is 0 Å². The lowest BCUT2D eigenvalue weighted by Gasteiger charge is -2.24. The molecule has 0 unspecified atom stereocenters. The van der Waals surface area contributed by atoms with E-state index in [-0.39, 0.29) is 5.41 Å². The maximum absolute atomic E-state index is 5.11. The number of aryl methyl sites for hydroxylation is 1. The first-order chi connectivity index (χ1) is 23.0. The number of hydrogen-bond donors (Lipinski definition) is 0. The quantitative estimate of drug-likeness (QED) is 0.200. The highest BCUT2D eigenvalue weighted by atomic mass is 15.0. The van der Waals surface area contributed by atoms with Gasteiger partial charge in [0.1, 0.15) is 5.82 Å². The largest absolute Gasteiger partial charge is 0.309 e. The lowest BCUT2D eigenvalue weighted by Crippen LogP contribution is -2.17. The van der Waals surface area contributed by atoms with Crippen LogP contribution in [-0.4, -0.2) is 14.5 Å². The Morgan fingerprint density at radius 2 is 1.09 bits per heavy atom. The zero-order valence-electron chi connectivity index (χ0n) is 26.7. The Hall–Kier alpha value is -5.80. The lowest BCUT2D eigenvalue weighted by molar-refractivity contribution is 0.657. The van der Waals surface area contributed by atoms with Crippen LogP contribution < -0.4 is 0 Å². The van der Waals surface area contributed by atoms with Crippen LogP contribution in [0.25, 0.3) is 72.3 Å². The van der Waals surface area contributed by atoms with E-state index in [2.05, 4.69) is 164 Å². The van der Waals surface area contributed by atoms with Crippen LogP contribution in [0.4, 0.5) is 0 Å². The van der Waals surface area contributed by atoms with E-state index in [0.717, 1.165) is 22.8 Å². The molecule has 1 aliphatic rings. The lowest BCUT2D eigenvalue weighted by atomic mass is 9.79. The number of fused-ring (bicyclic) bond motifs is 6. The van der Waals surface area contributed by atoms with E-state index in [1.807, 2.05) is 6.92 Å². The predicted molar refractivity (Wildman–Crippen MR) is 195 cm³/mol. The highest BCUT2D eigenvalue weighted by Crippen LogP contribution is 2.53. The first-order valence-electron chi connectivity index (χ1n) is 16.3. The Morgan fingerprint density at radius 1 is 0.489 bits per heavy atom. The highest BCUT2D eigenvalue weighted by Gasteiger charge is 2.40. The summed E-state index contributed by atoms with van der Waals surface area (Å²) in [6.45, 7) is 6.65. The molecule has 2 heterocycles. The number of aromatic nitrogens is 3. The summed E-state index contributed by atoms with van der Waals surface area (Å²) < 4.78 is 2.38. The molecule has 0 fully saturated rings. The molecule has 3 nitrogen and oxygen atoms in total. The van der Waals surface area contributed by atoms with Gasteiger partial charge in [0.25, 0.3) is 0 Å². The Labute approximate surface area is 274 Å². The van der Waals surface area contributed by atoms with Crippen LogP contribution in [0.3, 0.4) is 0 Å². The second-order valence-electron chi connectivity index (χ2n) is 13.1. The van der Waals surface area contributed by atoms with Crippen LogP contribution in [0.15, 0.2) is 146 Å². The number of rotatable bonds is 4. The summed E-state index contributed by atoms with van der Waals surface area (Å²) in [6, 6.07) is 52.5. The molecule has 0 spiro atoms. The van der Waals surface area contributed by atoms with Crippen LogP contribution in [0, 0.1) is 6.92 Å². The molecule has 0 saturated carbocycles. The van der Waals surface area contributed by atoms with Crippen molar-refractivity contribution in [3.63, 3.8) is 0 Å². The van der Waals surface area contributed by atoms with Crippen molar-refractivity contribution in [1.29, 1.82) is 0 Å². The fourth-order valence-corrected chi connectivity index (χ4v) is 7.70. The van der Waals surface area contributed by atoms with Crippen molar-refractivity contribution in [1.82, 2.24) is 14.5 Å². The van der Waals surface area contributed by atoms with E-state index in [1.54, 1.807) is 0 Å². The third-order valence-corrected chi connectivity index (χ3v) is 9.86. The minimum atomic E-state index is -0.291. The molecule has 2 aromatic heterocycles. The monoisotopic (exact) mass is 603 g/mol. The molecule has 224 valence electrons. The maximum atomic E-state index is 5.11. The van der Waals surface area contributed by atoms with E-state index in [1.165, 1.54) is 66.4 Å². The predicted octanol–water partition coefficient (Wildman–Crippen LogP) is 11.2. The third-order valence-electron chi connectivity index (χ3n) is 9.86. The number of nitrogens with zero attached hydrogens (tertiary/aromatic N) is 3. The Kier molecular flexibility index (Phi) is 6.07. The molecule has 0 radical (unpaired) electrons. The molecule has 9 rings (SSSR count). The van der Waals surface area contributed by atoms with Gasteiger partial charge in [-0.05, 0) is 77.2 Å². The van der Waals surface area contributed by atoms with Gasteiger partial charge >= 0.3 is 0 Å². The van der Waals surface area contributed by atoms with Gasteiger partial charge in [-0.3, -0.25) is 0 Å². The van der Waals surface area contributed by atoms with Gasteiger partial charge in [0.2, 0.25) is 0 Å². The van der Waals surface area contributed by atoms with Gasteiger partial charge in [-0.1, -0.05) is 117 Å². The molecular formula is C44H33N3. The first-order valence-corrected chi connectivity index (χ1v) is 16.3. The normalized spacial score (nSPS) is 13.2. The van der Waals surface area contributed by atoms with Crippen LogP contribution in [-0.2, 0) is 5.41 Å². The summed E-state index contributed by atoms with van der Waals surface area (Å²) in [4.78, 5) is 10.1. The summed E-state index contributed by atoms with van der Waals surface area (Å²) >= 11 is 0. The topological polar surface area (TPSA) is 30.7 Å². The maximum Gasteiger partial charge on any atom is 0.126 e. The summed E-state index contributed by atoms with van der Waals surface area (Å²) in [6.07, 6.45) is 0. The molecule has 8 aromatic rings. The van der Waals surface area contributed by atoms with E-state index in [4.69, 9.17) is 9.97 Å². The number of benzene rings is 6. The molecule has 47 heavy (non-hydrogen) atoms. The number of para-hydroxylation sites is 2. The van der Waals surface area contributed by atoms with E-state index < -0.39 is 0 Å². The van der Waals surface area contributed by atoms with Crippen LogP contribution in [0.1, 0.15) is 30.8 Å². The first kappa shape index (κ1) is 27.5. The van der Waals surface area contributed by atoms with Gasteiger partial charge in [-0.25, -0.2) is 9.97 Å². The average Bonchev–Trinajstić information content (AvgIpc) is 3.56. The van der Waals surface area contributed by atoms with Gasteiger partial charge < -0.3 is 4.57 Å². The second-order valence-corrected chi connectivity index (χ2v) is 13.1. The van der Waals surface area contributed by atoms with E-state index in [0.29, 0.717) is 0 Å². The molecule has 0 atom stereocenters.